The van der Waals surface area contributed by atoms with Gasteiger partial charge >= 0.3 is 18.5 Å². The molecule has 0 aliphatic carbocycles. The predicted molar refractivity (Wildman–Crippen MR) is 127 cm³/mol. The van der Waals surface area contributed by atoms with Gasteiger partial charge in [-0.15, -0.1) is 24.5 Å². The van der Waals surface area contributed by atoms with Gasteiger partial charge in [-0.2, -0.15) is 13.2 Å². The summed E-state index contributed by atoms with van der Waals surface area (Å²) in [4.78, 5) is 16.8. The molecule has 0 radical (unpaired) electrons. The van der Waals surface area contributed by atoms with Gasteiger partial charge in [0, 0.05) is 31.1 Å². The van der Waals surface area contributed by atoms with Crippen LogP contribution in [0.25, 0.3) is 10.2 Å². The number of carboxylic acid groups (broad SMARTS) is 1. The van der Waals surface area contributed by atoms with Gasteiger partial charge in [-0.05, 0) is 36.6 Å². The second kappa shape index (κ2) is 10.5. The van der Waals surface area contributed by atoms with E-state index in [1.165, 1.54) is 12.1 Å². The fraction of sp³-hybridized carbons (Fsp3) is 0.391. The number of rotatable bonds is 7. The van der Waals surface area contributed by atoms with E-state index in [1.54, 1.807) is 4.90 Å². The molecule has 2 aromatic heterocycles. The number of piperidine rings is 1. The summed E-state index contributed by atoms with van der Waals surface area (Å²) in [5.41, 5.74) is 4.59. The maximum absolute atomic E-state index is 13.8. The Labute approximate surface area is 215 Å². The van der Waals surface area contributed by atoms with Gasteiger partial charge in [0.15, 0.2) is 0 Å². The average Bonchev–Trinajstić information content (AvgIpc) is 3.18. The zero-order chi connectivity index (χ0) is 27.8. The summed E-state index contributed by atoms with van der Waals surface area (Å²) in [5.74, 6) is -1.78. The number of anilines is 2. The number of nitrogens with one attached hydrogen (secondary N) is 1. The number of aromatic carboxylic acids is 1. The van der Waals surface area contributed by atoms with Gasteiger partial charge in [-0.25, -0.2) is 9.78 Å². The van der Waals surface area contributed by atoms with Gasteiger partial charge in [-0.3, -0.25) is 0 Å². The third-order valence-corrected chi connectivity index (χ3v) is 7.19. The van der Waals surface area contributed by atoms with E-state index in [-0.39, 0.29) is 23.2 Å². The molecule has 1 aliphatic heterocycles. The molecule has 8 nitrogen and oxygen atoms in total. The summed E-state index contributed by atoms with van der Waals surface area (Å²) in [6.45, 7) is 0.804. The van der Waals surface area contributed by atoms with Crippen molar-refractivity contribution in [1.82, 2.24) is 10.3 Å². The molecule has 1 atom stereocenters. The molecule has 206 valence electrons. The van der Waals surface area contributed by atoms with Crippen molar-refractivity contribution in [1.29, 1.82) is 0 Å². The minimum Gasteiger partial charge on any atom is -0.477 e. The summed E-state index contributed by atoms with van der Waals surface area (Å²) in [7, 11) is 0. The van der Waals surface area contributed by atoms with E-state index >= 15 is 0 Å². The number of ether oxygens (including phenoxy) is 1. The number of nitrogens with two attached hydrogens (primary N) is 1. The number of nitrogen functional groups attached to an aromatic ring is 1. The first-order chi connectivity index (χ1) is 17.7. The lowest BCUT2D eigenvalue weighted by molar-refractivity contribution is -0.274. The van der Waals surface area contributed by atoms with Gasteiger partial charge < -0.3 is 30.9 Å². The maximum Gasteiger partial charge on any atom is 0.573 e. The molecule has 3 aromatic rings. The van der Waals surface area contributed by atoms with E-state index in [1.807, 2.05) is 0 Å². The van der Waals surface area contributed by atoms with Crippen LogP contribution in [0.4, 0.5) is 37.8 Å². The Hall–Kier alpha value is -3.30. The number of alkyl halides is 6. The minimum absolute atomic E-state index is 0.0580. The molecule has 1 aliphatic rings. The number of carboxylic acids is 1. The topological polar surface area (TPSA) is 121 Å². The molecular formula is C23H22F6N4O4S. The monoisotopic (exact) mass is 564 g/mol. The molecule has 1 unspecified atom stereocenters. The third kappa shape index (κ3) is 6.22. The van der Waals surface area contributed by atoms with Crippen molar-refractivity contribution in [3.05, 3.63) is 46.3 Å². The molecule has 5 N–H and O–H groups in total. The van der Waals surface area contributed by atoms with Gasteiger partial charge in [-0.1, -0.05) is 12.1 Å². The quantitative estimate of drug-likeness (QED) is 0.303. The van der Waals surface area contributed by atoms with Crippen LogP contribution in [0, 0.1) is 0 Å². The fourth-order valence-electron chi connectivity index (χ4n) is 4.25. The first kappa shape index (κ1) is 27.7. The molecule has 1 aromatic carbocycles. The van der Waals surface area contributed by atoms with E-state index in [2.05, 4.69) is 15.0 Å². The second-order valence-electron chi connectivity index (χ2n) is 8.66. The largest absolute Gasteiger partial charge is 0.573 e. The molecular weight excluding hydrogens is 542 g/mol. The van der Waals surface area contributed by atoms with Gasteiger partial charge in [0.1, 0.15) is 21.3 Å². The third-order valence-electron chi connectivity index (χ3n) is 6.10. The van der Waals surface area contributed by atoms with Crippen LogP contribution in [0.15, 0.2) is 30.3 Å². The molecule has 0 bridgehead atoms. The van der Waals surface area contributed by atoms with Crippen molar-refractivity contribution in [2.75, 3.05) is 30.3 Å². The van der Waals surface area contributed by atoms with Crippen molar-refractivity contribution >= 4 is 39.0 Å². The molecule has 15 heteroatoms. The second-order valence-corrected chi connectivity index (χ2v) is 9.66. The highest BCUT2D eigenvalue weighted by Gasteiger charge is 2.37. The lowest BCUT2D eigenvalue weighted by atomic mass is 10.0. The normalized spacial score (nSPS) is 16.1. The molecule has 0 amide bonds. The predicted octanol–water partition coefficient (Wildman–Crippen LogP) is 4.79. The van der Waals surface area contributed by atoms with Gasteiger partial charge in [0.2, 0.25) is 0 Å². The number of pyridine rings is 1. The molecule has 1 saturated heterocycles. The smallest absolute Gasteiger partial charge is 0.477 e. The number of nitrogens with zero attached hydrogens (tertiary/aromatic N) is 2. The average molecular weight is 565 g/mol. The SMILES string of the molecule is Nc1c(C(=O)O)sc2nc(N3CCC(NCC(O)c4ccc(OC(F)(F)F)cc4)CC3)cc(C(F)(F)F)c12. The number of hydrogen-bond donors (Lipinski definition) is 4. The number of benzene rings is 1. The zero-order valence-corrected chi connectivity index (χ0v) is 20.3. The lowest BCUT2D eigenvalue weighted by Crippen LogP contribution is -2.44. The van der Waals surface area contributed by atoms with E-state index in [4.69, 9.17) is 5.73 Å². The summed E-state index contributed by atoms with van der Waals surface area (Å²) < 4.78 is 82.0. The number of fused-ring (bicyclic) bond motifs is 1. The van der Waals surface area contributed by atoms with E-state index in [0.717, 1.165) is 18.2 Å². The summed E-state index contributed by atoms with van der Waals surface area (Å²) in [6.07, 6.45) is -9.56. The van der Waals surface area contributed by atoms with Crippen molar-refractivity contribution < 1.29 is 46.1 Å². The van der Waals surface area contributed by atoms with E-state index < -0.39 is 51.9 Å². The van der Waals surface area contributed by atoms with Crippen LogP contribution in [0.3, 0.4) is 0 Å². The molecule has 3 heterocycles. The number of hydrogen-bond acceptors (Lipinski definition) is 8. The minimum atomic E-state index is -4.81. The van der Waals surface area contributed by atoms with Crippen LogP contribution in [0.5, 0.6) is 5.75 Å². The summed E-state index contributed by atoms with van der Waals surface area (Å²) in [5, 5.41) is 22.4. The number of aliphatic hydroxyl groups is 1. The standard InChI is InChI=1S/C23H22F6N4O4S/c24-22(25,26)14-9-16(32-20-17(14)18(30)19(38-20)21(35)36)33-7-5-12(6-8-33)31-10-15(34)11-1-3-13(4-2-11)37-23(27,28)29/h1-4,9,12,15,31,34H,5-8,10,30H2,(H,35,36). The highest BCUT2D eigenvalue weighted by atomic mass is 32.1. The lowest BCUT2D eigenvalue weighted by Gasteiger charge is -2.34. The zero-order valence-electron chi connectivity index (χ0n) is 19.4. The van der Waals surface area contributed by atoms with Crippen molar-refractivity contribution in [2.24, 2.45) is 0 Å². The van der Waals surface area contributed by atoms with Crippen molar-refractivity contribution in [3.8, 4) is 5.75 Å². The molecule has 38 heavy (non-hydrogen) atoms. The Morgan fingerprint density at radius 2 is 1.82 bits per heavy atom. The number of thiophene rings is 1. The van der Waals surface area contributed by atoms with Crippen LogP contribution < -0.4 is 20.7 Å². The number of halogens is 6. The number of aliphatic hydroxyl groups excluding tert-OH is 1. The Kier molecular flexibility index (Phi) is 7.63. The first-order valence-electron chi connectivity index (χ1n) is 11.3. The van der Waals surface area contributed by atoms with Crippen molar-refractivity contribution in [3.63, 3.8) is 0 Å². The van der Waals surface area contributed by atoms with Crippen LogP contribution in [0.1, 0.15) is 39.7 Å². The number of carbonyl (C=O) groups is 1. The molecule has 4 rings (SSSR count). The highest BCUT2D eigenvalue weighted by molar-refractivity contribution is 7.21. The van der Waals surface area contributed by atoms with Crippen molar-refractivity contribution in [2.45, 2.75) is 37.5 Å². The summed E-state index contributed by atoms with van der Waals surface area (Å²) in [6, 6.07) is 5.65. The van der Waals surface area contributed by atoms with Crippen LogP contribution in [0.2, 0.25) is 0 Å². The number of aromatic nitrogens is 1. The Balaban J connectivity index is 1.39. The van der Waals surface area contributed by atoms with Gasteiger partial charge in [0.25, 0.3) is 0 Å². The molecule has 0 spiro atoms. The fourth-order valence-corrected chi connectivity index (χ4v) is 5.21. The molecule has 0 saturated carbocycles. The molecule has 1 fully saturated rings. The first-order valence-corrected chi connectivity index (χ1v) is 12.1. The van der Waals surface area contributed by atoms with E-state index in [9.17, 15) is 41.4 Å². The maximum atomic E-state index is 13.8. The Bertz CT molecular complexity index is 1300. The van der Waals surface area contributed by atoms with Crippen LogP contribution in [-0.2, 0) is 6.18 Å². The van der Waals surface area contributed by atoms with Crippen LogP contribution in [-0.4, -0.2) is 53.2 Å². The summed E-state index contributed by atoms with van der Waals surface area (Å²) >= 11 is 0.588. The van der Waals surface area contributed by atoms with Crippen LogP contribution >= 0.6 is 11.3 Å². The van der Waals surface area contributed by atoms with Gasteiger partial charge in [0.05, 0.1) is 17.4 Å². The Morgan fingerprint density at radius 3 is 2.37 bits per heavy atom. The Morgan fingerprint density at radius 1 is 1.18 bits per heavy atom. The van der Waals surface area contributed by atoms with E-state index in [0.29, 0.717) is 42.8 Å². The highest BCUT2D eigenvalue weighted by Crippen LogP contribution is 2.43.